The van der Waals surface area contributed by atoms with Crippen molar-refractivity contribution < 1.29 is 18.0 Å². The van der Waals surface area contributed by atoms with E-state index in [9.17, 15) is 18.0 Å². The van der Waals surface area contributed by atoms with Gasteiger partial charge in [-0.1, -0.05) is 17.4 Å². The molecule has 1 aromatic heterocycles. The number of amides is 1. The number of benzene rings is 2. The van der Waals surface area contributed by atoms with Gasteiger partial charge in [-0.3, -0.25) is 10.1 Å². The number of anilines is 1. The first-order valence-corrected chi connectivity index (χ1v) is 6.68. The summed E-state index contributed by atoms with van der Waals surface area (Å²) in [6, 6.07) is 7.28. The fourth-order valence-electron chi connectivity index (χ4n) is 1.78. The number of nitrogens with one attached hydrogen (secondary N) is 1. The molecule has 0 aliphatic heterocycles. The van der Waals surface area contributed by atoms with Gasteiger partial charge in [-0.15, -0.1) is 0 Å². The maximum absolute atomic E-state index is 13.5. The zero-order valence-corrected chi connectivity index (χ0v) is 11.2. The zero-order valence-electron chi connectivity index (χ0n) is 10.4. The number of carbonyl (C=O) groups is 1. The molecule has 1 amide bonds. The number of hydrogen-bond donors (Lipinski definition) is 1. The number of fused-ring (bicyclic) bond motifs is 1. The molecule has 21 heavy (non-hydrogen) atoms. The summed E-state index contributed by atoms with van der Waals surface area (Å²) in [4.78, 5) is 15.9. The number of nitrogens with zero attached hydrogens (tertiary/aromatic N) is 1. The third-order valence-corrected chi connectivity index (χ3v) is 3.71. The van der Waals surface area contributed by atoms with Crippen molar-refractivity contribution in [2.45, 2.75) is 0 Å². The van der Waals surface area contributed by atoms with Gasteiger partial charge in [0.2, 0.25) is 0 Å². The van der Waals surface area contributed by atoms with Crippen molar-refractivity contribution in [3.63, 3.8) is 0 Å². The second-order valence-corrected chi connectivity index (χ2v) is 5.22. The molecular weight excluding hydrogens is 301 g/mol. The van der Waals surface area contributed by atoms with Crippen LogP contribution in [-0.4, -0.2) is 10.9 Å². The van der Waals surface area contributed by atoms with Crippen molar-refractivity contribution in [2.75, 3.05) is 5.32 Å². The van der Waals surface area contributed by atoms with Gasteiger partial charge in [0.1, 0.15) is 11.3 Å². The Morgan fingerprint density at radius 3 is 2.57 bits per heavy atom. The molecule has 0 saturated carbocycles. The van der Waals surface area contributed by atoms with Gasteiger partial charge >= 0.3 is 0 Å². The Balaban J connectivity index is 1.89. The van der Waals surface area contributed by atoms with E-state index in [1.165, 1.54) is 12.1 Å². The normalized spacial score (nSPS) is 10.8. The minimum atomic E-state index is -1.11. The summed E-state index contributed by atoms with van der Waals surface area (Å²) >= 11 is 1.09. The Kier molecular flexibility index (Phi) is 3.34. The fourth-order valence-corrected chi connectivity index (χ4v) is 2.65. The number of rotatable bonds is 2. The summed E-state index contributed by atoms with van der Waals surface area (Å²) < 4.78 is 40.0. The van der Waals surface area contributed by atoms with Crippen molar-refractivity contribution in [2.24, 2.45) is 0 Å². The highest BCUT2D eigenvalue weighted by Gasteiger charge is 2.13. The first-order valence-electron chi connectivity index (χ1n) is 5.86. The lowest BCUT2D eigenvalue weighted by molar-refractivity contribution is 0.102. The van der Waals surface area contributed by atoms with E-state index in [0.717, 1.165) is 29.5 Å². The molecular formula is C14H7F3N2OS. The van der Waals surface area contributed by atoms with Crippen molar-refractivity contribution in [3.05, 3.63) is 59.4 Å². The average Bonchev–Trinajstić information content (AvgIpc) is 2.86. The fraction of sp³-hybridized carbons (Fsp3) is 0. The van der Waals surface area contributed by atoms with Crippen LogP contribution in [0.5, 0.6) is 0 Å². The summed E-state index contributed by atoms with van der Waals surface area (Å²) in [5.74, 6) is -3.28. The predicted octanol–water partition coefficient (Wildman–Crippen LogP) is 3.97. The van der Waals surface area contributed by atoms with Crippen LogP contribution in [0, 0.1) is 17.5 Å². The van der Waals surface area contributed by atoms with Gasteiger partial charge in [-0.25, -0.2) is 18.2 Å². The Hall–Kier alpha value is -2.41. The van der Waals surface area contributed by atoms with Crippen LogP contribution in [0.3, 0.4) is 0 Å². The topological polar surface area (TPSA) is 42.0 Å². The molecule has 0 atom stereocenters. The lowest BCUT2D eigenvalue weighted by Crippen LogP contribution is -2.12. The van der Waals surface area contributed by atoms with Crippen LogP contribution in [0.4, 0.5) is 18.3 Å². The van der Waals surface area contributed by atoms with Crippen LogP contribution in [-0.2, 0) is 0 Å². The molecule has 2 aromatic carbocycles. The van der Waals surface area contributed by atoms with Crippen LogP contribution in [0.2, 0.25) is 0 Å². The van der Waals surface area contributed by atoms with E-state index >= 15 is 0 Å². The summed E-state index contributed by atoms with van der Waals surface area (Å²) in [7, 11) is 0. The quantitative estimate of drug-likeness (QED) is 0.778. The summed E-state index contributed by atoms with van der Waals surface area (Å²) in [6.07, 6.45) is 0. The molecule has 1 N–H and O–H groups in total. The number of halogens is 3. The van der Waals surface area contributed by atoms with Crippen LogP contribution in [0.15, 0.2) is 36.4 Å². The van der Waals surface area contributed by atoms with E-state index in [-0.39, 0.29) is 16.2 Å². The number of para-hydroxylation sites is 1. The molecule has 0 aliphatic carbocycles. The van der Waals surface area contributed by atoms with Gasteiger partial charge in [-0.05, 0) is 30.3 Å². The third-order valence-electron chi connectivity index (χ3n) is 2.77. The average molecular weight is 308 g/mol. The molecule has 1 heterocycles. The Morgan fingerprint density at radius 2 is 1.86 bits per heavy atom. The van der Waals surface area contributed by atoms with E-state index in [0.29, 0.717) is 4.70 Å². The predicted molar refractivity (Wildman–Crippen MR) is 73.9 cm³/mol. The van der Waals surface area contributed by atoms with Crippen LogP contribution >= 0.6 is 11.3 Å². The second kappa shape index (κ2) is 5.17. The zero-order chi connectivity index (χ0) is 15.0. The van der Waals surface area contributed by atoms with Crippen LogP contribution in [0.1, 0.15) is 10.4 Å². The highest BCUT2D eigenvalue weighted by atomic mass is 32.1. The van der Waals surface area contributed by atoms with E-state index in [1.54, 1.807) is 6.07 Å². The van der Waals surface area contributed by atoms with Crippen molar-refractivity contribution >= 4 is 32.6 Å². The largest absolute Gasteiger partial charge is 0.298 e. The van der Waals surface area contributed by atoms with Crippen molar-refractivity contribution in [1.82, 2.24) is 4.98 Å². The second-order valence-electron chi connectivity index (χ2n) is 4.19. The summed E-state index contributed by atoms with van der Waals surface area (Å²) in [5, 5.41) is 2.62. The van der Waals surface area contributed by atoms with Gasteiger partial charge in [-0.2, -0.15) is 0 Å². The minimum Gasteiger partial charge on any atom is -0.298 e. The minimum absolute atomic E-state index is 0.0476. The first kappa shape index (κ1) is 13.6. The smallest absolute Gasteiger partial charge is 0.257 e. The molecule has 0 spiro atoms. The number of thiazole rings is 1. The summed E-state index contributed by atoms with van der Waals surface area (Å²) in [5.41, 5.74) is 0.108. The standard InChI is InChI=1S/C14H7F3N2OS/c15-8-5-4-7(6-10(8)17)13(20)19-14-18-12-9(16)2-1-3-11(12)21-14/h1-6H,(H,18,19,20). The molecule has 0 fully saturated rings. The third kappa shape index (κ3) is 2.59. The maximum Gasteiger partial charge on any atom is 0.257 e. The van der Waals surface area contributed by atoms with E-state index in [1.807, 2.05) is 0 Å². The lowest BCUT2D eigenvalue weighted by atomic mass is 10.2. The SMILES string of the molecule is O=C(Nc1nc2c(F)cccc2s1)c1ccc(F)c(F)c1. The molecule has 106 valence electrons. The number of carbonyl (C=O) groups excluding carboxylic acids is 1. The molecule has 0 aliphatic rings. The van der Waals surface area contributed by atoms with Gasteiger partial charge < -0.3 is 0 Å². The molecule has 7 heteroatoms. The van der Waals surface area contributed by atoms with Crippen molar-refractivity contribution in [1.29, 1.82) is 0 Å². The molecule has 3 nitrogen and oxygen atoms in total. The summed E-state index contributed by atoms with van der Waals surface area (Å²) in [6.45, 7) is 0. The highest BCUT2D eigenvalue weighted by molar-refractivity contribution is 7.22. The lowest BCUT2D eigenvalue weighted by Gasteiger charge is -2.01. The number of aromatic nitrogens is 1. The Morgan fingerprint density at radius 1 is 1.05 bits per heavy atom. The molecule has 0 bridgehead atoms. The molecule has 0 saturated heterocycles. The van der Waals surface area contributed by atoms with Crippen molar-refractivity contribution in [3.8, 4) is 0 Å². The highest BCUT2D eigenvalue weighted by Crippen LogP contribution is 2.27. The molecule has 3 rings (SSSR count). The molecule has 0 radical (unpaired) electrons. The van der Waals surface area contributed by atoms with Gasteiger partial charge in [0.25, 0.3) is 5.91 Å². The van der Waals surface area contributed by atoms with Gasteiger partial charge in [0, 0.05) is 5.56 Å². The molecule has 0 unspecified atom stereocenters. The van der Waals surface area contributed by atoms with Gasteiger partial charge in [0.15, 0.2) is 16.8 Å². The van der Waals surface area contributed by atoms with E-state index in [4.69, 9.17) is 0 Å². The first-order chi connectivity index (χ1) is 10.0. The van der Waals surface area contributed by atoms with Gasteiger partial charge in [0.05, 0.1) is 4.70 Å². The van der Waals surface area contributed by atoms with E-state index in [2.05, 4.69) is 10.3 Å². The molecule has 3 aromatic rings. The van der Waals surface area contributed by atoms with E-state index < -0.39 is 23.4 Å². The maximum atomic E-state index is 13.5. The Bertz CT molecular complexity index is 847. The monoisotopic (exact) mass is 308 g/mol. The van der Waals surface area contributed by atoms with Crippen LogP contribution < -0.4 is 5.32 Å². The number of hydrogen-bond acceptors (Lipinski definition) is 3. The van der Waals surface area contributed by atoms with Crippen LogP contribution in [0.25, 0.3) is 10.2 Å². The Labute approximate surface area is 121 Å².